The van der Waals surface area contributed by atoms with Gasteiger partial charge in [-0.25, -0.2) is 4.39 Å². The average Bonchev–Trinajstić information content (AvgIpc) is 2.93. The molecule has 1 heterocycles. The Kier molecular flexibility index (Phi) is 6.43. The third-order valence-corrected chi connectivity index (χ3v) is 5.19. The number of rotatable bonds is 7. The number of halogens is 1. The van der Waals surface area contributed by atoms with E-state index in [0.717, 1.165) is 11.3 Å². The Morgan fingerprint density at radius 1 is 1.17 bits per heavy atom. The van der Waals surface area contributed by atoms with Gasteiger partial charge in [-0.3, -0.25) is 14.5 Å². The quantitative estimate of drug-likeness (QED) is 0.704. The fraction of sp³-hybridized carbons (Fsp3) is 0.286. The number of benzene rings is 2. The maximum Gasteiger partial charge on any atom is 0.252 e. The molecule has 0 unspecified atom stereocenters. The zero-order valence-electron chi connectivity index (χ0n) is 16.2. The van der Waals surface area contributed by atoms with Crippen molar-refractivity contribution in [3.63, 3.8) is 0 Å². The summed E-state index contributed by atoms with van der Waals surface area (Å²) in [5.41, 5.74) is 1.42. The molecule has 1 aliphatic heterocycles. The van der Waals surface area contributed by atoms with Gasteiger partial charge in [-0.2, -0.15) is 0 Å². The molecule has 0 aromatic heterocycles. The molecule has 0 bridgehead atoms. The Hall–Kier alpha value is -3.00. The minimum absolute atomic E-state index is 0.0526. The van der Waals surface area contributed by atoms with Crippen LogP contribution in [0.25, 0.3) is 0 Å². The van der Waals surface area contributed by atoms with E-state index in [1.807, 2.05) is 31.2 Å². The minimum atomic E-state index is -0.690. The molecule has 2 aromatic carbocycles. The van der Waals surface area contributed by atoms with Crippen LogP contribution in [0, 0.1) is 5.82 Å². The van der Waals surface area contributed by atoms with E-state index in [9.17, 15) is 14.0 Å². The van der Waals surface area contributed by atoms with Crippen LogP contribution in [0.2, 0.25) is 0 Å². The predicted molar refractivity (Wildman–Crippen MR) is 112 cm³/mol. The van der Waals surface area contributed by atoms with Gasteiger partial charge >= 0.3 is 0 Å². The zero-order chi connectivity index (χ0) is 21.0. The van der Waals surface area contributed by atoms with Crippen LogP contribution in [0.3, 0.4) is 0 Å². The molecular weight excluding hydrogens is 393 g/mol. The van der Waals surface area contributed by atoms with Gasteiger partial charge in [0.1, 0.15) is 17.6 Å². The van der Waals surface area contributed by atoms with Gasteiger partial charge in [-0.05, 0) is 61.1 Å². The fourth-order valence-corrected chi connectivity index (χ4v) is 3.62. The van der Waals surface area contributed by atoms with Crippen molar-refractivity contribution >= 4 is 34.8 Å². The second-order valence-electron chi connectivity index (χ2n) is 6.62. The van der Waals surface area contributed by atoms with Gasteiger partial charge in [0.05, 0.1) is 13.5 Å². The van der Waals surface area contributed by atoms with Gasteiger partial charge in [0, 0.05) is 18.8 Å². The monoisotopic (exact) mass is 415 g/mol. The van der Waals surface area contributed by atoms with Crippen molar-refractivity contribution in [1.29, 1.82) is 0 Å². The Morgan fingerprint density at radius 2 is 1.83 bits per heavy atom. The number of carbonyl (C=O) groups is 2. The topological polar surface area (TPSA) is 61.9 Å². The van der Waals surface area contributed by atoms with E-state index in [-0.39, 0.29) is 24.1 Å². The number of hydrogen-bond acceptors (Lipinski definition) is 4. The molecule has 29 heavy (non-hydrogen) atoms. The highest BCUT2D eigenvalue weighted by Gasteiger charge is 2.42. The number of methoxy groups -OCH3 is 1. The number of ether oxygens (including phenoxy) is 1. The maximum atomic E-state index is 13.0. The van der Waals surface area contributed by atoms with Crippen molar-refractivity contribution in [2.24, 2.45) is 0 Å². The van der Waals surface area contributed by atoms with Gasteiger partial charge in [-0.15, -0.1) is 0 Å². The first-order valence-electron chi connectivity index (χ1n) is 9.23. The molecule has 152 valence electrons. The molecule has 0 radical (unpaired) electrons. The first-order chi connectivity index (χ1) is 13.9. The van der Waals surface area contributed by atoms with Crippen LogP contribution in [0.15, 0.2) is 48.5 Å². The molecule has 0 saturated carbocycles. The third-order valence-electron chi connectivity index (χ3n) is 4.74. The minimum Gasteiger partial charge on any atom is -0.497 e. The van der Waals surface area contributed by atoms with E-state index in [2.05, 4.69) is 5.32 Å². The lowest BCUT2D eigenvalue weighted by atomic mass is 10.1. The van der Waals surface area contributed by atoms with Gasteiger partial charge in [-0.1, -0.05) is 12.1 Å². The van der Waals surface area contributed by atoms with Crippen LogP contribution < -0.4 is 10.1 Å². The van der Waals surface area contributed by atoms with Gasteiger partial charge in [0.15, 0.2) is 5.11 Å². The predicted octanol–water partition coefficient (Wildman–Crippen LogP) is 3.18. The summed E-state index contributed by atoms with van der Waals surface area (Å²) in [4.78, 5) is 28.6. The SMILES string of the molecule is CCN1C(=O)[C@H](CC(=O)Nc2ccc(F)cc2)N(Cc2ccc(OC)cc2)C1=S. The van der Waals surface area contributed by atoms with Gasteiger partial charge < -0.3 is 15.0 Å². The van der Waals surface area contributed by atoms with Gasteiger partial charge in [0.25, 0.3) is 5.91 Å². The summed E-state index contributed by atoms with van der Waals surface area (Å²) in [6, 6.07) is 12.3. The van der Waals surface area contributed by atoms with E-state index in [0.29, 0.717) is 23.9 Å². The average molecular weight is 415 g/mol. The smallest absolute Gasteiger partial charge is 0.252 e. The number of anilines is 1. The van der Waals surface area contributed by atoms with Crippen LogP contribution >= 0.6 is 12.2 Å². The molecule has 1 aliphatic rings. The normalized spacial score (nSPS) is 16.3. The summed E-state index contributed by atoms with van der Waals surface area (Å²) in [5, 5.41) is 3.11. The van der Waals surface area contributed by atoms with Crippen molar-refractivity contribution in [3.8, 4) is 5.75 Å². The Bertz CT molecular complexity index is 902. The lowest BCUT2D eigenvalue weighted by Crippen LogP contribution is -2.37. The van der Waals surface area contributed by atoms with E-state index in [1.165, 1.54) is 29.2 Å². The highest BCUT2D eigenvalue weighted by molar-refractivity contribution is 7.80. The molecule has 0 spiro atoms. The summed E-state index contributed by atoms with van der Waals surface area (Å²) in [7, 11) is 1.60. The van der Waals surface area contributed by atoms with Crippen molar-refractivity contribution in [2.45, 2.75) is 25.9 Å². The van der Waals surface area contributed by atoms with E-state index < -0.39 is 6.04 Å². The van der Waals surface area contributed by atoms with Gasteiger partial charge in [0.2, 0.25) is 5.91 Å². The largest absolute Gasteiger partial charge is 0.497 e. The number of nitrogens with one attached hydrogen (secondary N) is 1. The molecule has 0 aliphatic carbocycles. The molecule has 1 atom stereocenters. The van der Waals surface area contributed by atoms with E-state index in [4.69, 9.17) is 17.0 Å². The van der Waals surface area contributed by atoms with Crippen LogP contribution in [0.4, 0.5) is 10.1 Å². The van der Waals surface area contributed by atoms with Crippen LogP contribution in [-0.4, -0.2) is 46.4 Å². The third kappa shape index (κ3) is 4.71. The first kappa shape index (κ1) is 20.7. The molecule has 1 fully saturated rings. The lowest BCUT2D eigenvalue weighted by Gasteiger charge is -2.24. The molecule has 1 N–H and O–H groups in total. The summed E-state index contributed by atoms with van der Waals surface area (Å²) in [6.07, 6.45) is -0.0526. The molecule has 2 aromatic rings. The Labute approximate surface area is 174 Å². The highest BCUT2D eigenvalue weighted by Crippen LogP contribution is 2.24. The van der Waals surface area contributed by atoms with Crippen molar-refractivity contribution < 1.29 is 18.7 Å². The molecule has 1 saturated heterocycles. The standard InChI is InChI=1S/C21H22FN3O3S/c1-3-24-20(27)18(12-19(26)23-16-8-6-15(22)7-9-16)25(21(24)29)13-14-4-10-17(28-2)11-5-14/h4-11,18H,3,12-13H2,1-2H3,(H,23,26)/t18-/m0/s1. The number of thiocarbonyl (C=S) groups is 1. The van der Waals surface area contributed by atoms with Crippen molar-refractivity contribution in [2.75, 3.05) is 19.0 Å². The number of carbonyl (C=O) groups excluding carboxylic acids is 2. The van der Waals surface area contributed by atoms with Crippen LogP contribution in [-0.2, 0) is 16.1 Å². The zero-order valence-corrected chi connectivity index (χ0v) is 17.0. The number of nitrogens with zero attached hydrogens (tertiary/aromatic N) is 2. The highest BCUT2D eigenvalue weighted by atomic mass is 32.1. The van der Waals surface area contributed by atoms with E-state index >= 15 is 0 Å². The Morgan fingerprint density at radius 3 is 2.41 bits per heavy atom. The van der Waals surface area contributed by atoms with Crippen molar-refractivity contribution in [3.05, 3.63) is 59.9 Å². The van der Waals surface area contributed by atoms with Crippen LogP contribution in [0.1, 0.15) is 18.9 Å². The second-order valence-corrected chi connectivity index (χ2v) is 6.98. The summed E-state index contributed by atoms with van der Waals surface area (Å²) >= 11 is 5.49. The van der Waals surface area contributed by atoms with Crippen LogP contribution in [0.5, 0.6) is 5.75 Å². The summed E-state index contributed by atoms with van der Waals surface area (Å²) < 4.78 is 18.2. The van der Waals surface area contributed by atoms with Crippen molar-refractivity contribution in [1.82, 2.24) is 9.80 Å². The first-order valence-corrected chi connectivity index (χ1v) is 9.64. The molecule has 2 amide bonds. The summed E-state index contributed by atoms with van der Waals surface area (Å²) in [5.74, 6) is -0.182. The van der Waals surface area contributed by atoms with E-state index in [1.54, 1.807) is 12.0 Å². The number of amides is 2. The molecule has 6 nitrogen and oxygen atoms in total. The number of hydrogen-bond donors (Lipinski definition) is 1. The summed E-state index contributed by atoms with van der Waals surface area (Å²) in [6.45, 7) is 2.68. The molecule has 8 heteroatoms. The number of likely N-dealkylation sites (N-methyl/N-ethyl adjacent to an activating group) is 1. The molecule has 3 rings (SSSR count). The Balaban J connectivity index is 1.75. The maximum absolute atomic E-state index is 13.0. The second kappa shape index (κ2) is 9.00. The molecular formula is C21H22FN3O3S. The fourth-order valence-electron chi connectivity index (χ4n) is 3.21. The lowest BCUT2D eigenvalue weighted by molar-refractivity contribution is -0.130.